The first-order valence-corrected chi connectivity index (χ1v) is 8.69. The van der Waals surface area contributed by atoms with Gasteiger partial charge in [-0.2, -0.15) is 5.10 Å². The molecule has 1 aliphatic carbocycles. The highest BCUT2D eigenvalue weighted by Gasteiger charge is 2.23. The molecule has 1 atom stereocenters. The summed E-state index contributed by atoms with van der Waals surface area (Å²) in [5.74, 6) is 0.254. The molecule has 3 rings (SSSR count). The molecule has 0 radical (unpaired) electrons. The van der Waals surface area contributed by atoms with Gasteiger partial charge in [-0.15, -0.1) is 0 Å². The van der Waals surface area contributed by atoms with E-state index in [1.807, 2.05) is 60.7 Å². The number of hydrogen-bond acceptors (Lipinski definition) is 2. The third-order valence-electron chi connectivity index (χ3n) is 4.60. The van der Waals surface area contributed by atoms with Crippen LogP contribution in [0.25, 0.3) is 0 Å². The molecule has 1 amide bonds. The van der Waals surface area contributed by atoms with E-state index in [1.54, 1.807) is 0 Å². The summed E-state index contributed by atoms with van der Waals surface area (Å²) in [6.07, 6.45) is 4.40. The Labute approximate surface area is 143 Å². The number of rotatable bonds is 4. The molecule has 1 saturated carbocycles. The van der Waals surface area contributed by atoms with Crippen molar-refractivity contribution in [3.8, 4) is 0 Å². The molecule has 0 saturated heterocycles. The van der Waals surface area contributed by atoms with E-state index in [-0.39, 0.29) is 11.8 Å². The van der Waals surface area contributed by atoms with Gasteiger partial charge in [-0.05, 0) is 42.7 Å². The molecular weight excluding hydrogens is 296 g/mol. The fraction of sp³-hybridized carbons (Fsp3) is 0.333. The highest BCUT2D eigenvalue weighted by Crippen LogP contribution is 2.25. The minimum Gasteiger partial charge on any atom is -0.272 e. The maximum Gasteiger partial charge on any atom is 0.252 e. The summed E-state index contributed by atoms with van der Waals surface area (Å²) in [7, 11) is 0. The fourth-order valence-corrected chi connectivity index (χ4v) is 3.35. The Balaban J connectivity index is 1.81. The van der Waals surface area contributed by atoms with E-state index in [0.29, 0.717) is 5.92 Å². The smallest absolute Gasteiger partial charge is 0.252 e. The van der Waals surface area contributed by atoms with E-state index in [2.05, 4.69) is 17.5 Å². The lowest BCUT2D eigenvalue weighted by Crippen LogP contribution is -2.28. The minimum absolute atomic E-state index is 0.0712. The summed E-state index contributed by atoms with van der Waals surface area (Å²) >= 11 is 0. The molecule has 1 fully saturated rings. The van der Waals surface area contributed by atoms with Crippen LogP contribution >= 0.6 is 0 Å². The van der Waals surface area contributed by atoms with Gasteiger partial charge in [-0.3, -0.25) is 4.79 Å². The number of nitrogens with one attached hydrogen (secondary N) is 1. The fourth-order valence-electron chi connectivity index (χ4n) is 3.35. The summed E-state index contributed by atoms with van der Waals surface area (Å²) in [4.78, 5) is 12.9. The number of carbonyl (C=O) groups is 1. The Morgan fingerprint density at radius 2 is 1.62 bits per heavy atom. The van der Waals surface area contributed by atoms with E-state index >= 15 is 0 Å². The third kappa shape index (κ3) is 4.10. The molecule has 124 valence electrons. The van der Waals surface area contributed by atoms with Crippen LogP contribution in [-0.4, -0.2) is 11.6 Å². The van der Waals surface area contributed by atoms with E-state index in [4.69, 9.17) is 0 Å². The zero-order valence-corrected chi connectivity index (χ0v) is 14.1. The highest BCUT2D eigenvalue weighted by molar-refractivity contribution is 5.90. The zero-order chi connectivity index (χ0) is 16.8. The van der Waals surface area contributed by atoms with Crippen molar-refractivity contribution < 1.29 is 4.79 Å². The number of amides is 1. The Bertz CT molecular complexity index is 655. The van der Waals surface area contributed by atoms with Crippen LogP contribution in [0.1, 0.15) is 49.7 Å². The van der Waals surface area contributed by atoms with Gasteiger partial charge in [0.2, 0.25) is 0 Å². The van der Waals surface area contributed by atoms with Gasteiger partial charge in [0.25, 0.3) is 5.91 Å². The van der Waals surface area contributed by atoms with E-state index < -0.39 is 0 Å². The average Bonchev–Trinajstić information content (AvgIpc) is 2.62. The maximum absolute atomic E-state index is 12.9. The molecule has 1 N–H and O–H groups in total. The largest absolute Gasteiger partial charge is 0.272 e. The molecular formula is C21H24N2O. The second-order valence-corrected chi connectivity index (χ2v) is 6.61. The predicted octanol–water partition coefficient (Wildman–Crippen LogP) is 4.50. The molecule has 0 spiro atoms. The third-order valence-corrected chi connectivity index (χ3v) is 4.60. The predicted molar refractivity (Wildman–Crippen MR) is 97.9 cm³/mol. The van der Waals surface area contributed by atoms with Crippen molar-refractivity contribution in [2.75, 3.05) is 0 Å². The van der Waals surface area contributed by atoms with Gasteiger partial charge in [-0.1, -0.05) is 67.6 Å². The highest BCUT2D eigenvalue weighted by atomic mass is 16.2. The van der Waals surface area contributed by atoms with Crippen LogP contribution in [0.2, 0.25) is 0 Å². The second kappa shape index (κ2) is 7.91. The molecule has 24 heavy (non-hydrogen) atoms. The van der Waals surface area contributed by atoms with Crippen LogP contribution in [0.15, 0.2) is 65.8 Å². The maximum atomic E-state index is 12.9. The lowest BCUT2D eigenvalue weighted by Gasteiger charge is -2.20. The number of hydrazone groups is 1. The standard InChI is InChI=1S/C21H24N2O/c1-16-9-8-14-19(15-16)22-23-21(24)20(17-10-4-2-5-11-17)18-12-6-3-7-13-18/h2-7,10-13,16,20H,8-9,14-15H2,1H3,(H,23,24)/t16-/m1/s1. The van der Waals surface area contributed by atoms with Crippen LogP contribution in [0.5, 0.6) is 0 Å². The van der Waals surface area contributed by atoms with Crippen LogP contribution in [0.4, 0.5) is 0 Å². The molecule has 2 aromatic rings. The van der Waals surface area contributed by atoms with Crippen LogP contribution in [-0.2, 0) is 4.79 Å². The molecule has 3 nitrogen and oxygen atoms in total. The molecule has 0 aromatic heterocycles. The Morgan fingerprint density at radius 1 is 1.04 bits per heavy atom. The van der Waals surface area contributed by atoms with Crippen molar-refractivity contribution >= 4 is 11.6 Å². The number of carbonyl (C=O) groups excluding carboxylic acids is 1. The van der Waals surface area contributed by atoms with Gasteiger partial charge in [0, 0.05) is 5.71 Å². The van der Waals surface area contributed by atoms with Gasteiger partial charge in [0.05, 0.1) is 5.92 Å². The monoisotopic (exact) mass is 320 g/mol. The van der Waals surface area contributed by atoms with Crippen molar-refractivity contribution in [1.82, 2.24) is 5.43 Å². The van der Waals surface area contributed by atoms with Crippen molar-refractivity contribution in [3.05, 3.63) is 71.8 Å². The summed E-state index contributed by atoms with van der Waals surface area (Å²) in [6, 6.07) is 19.8. The van der Waals surface area contributed by atoms with Crippen molar-refractivity contribution in [2.45, 2.75) is 38.5 Å². The summed E-state index contributed by atoms with van der Waals surface area (Å²) in [6.45, 7) is 2.24. The molecule has 0 aliphatic heterocycles. The molecule has 0 unspecified atom stereocenters. The molecule has 0 bridgehead atoms. The zero-order valence-electron chi connectivity index (χ0n) is 14.1. The van der Waals surface area contributed by atoms with Crippen molar-refractivity contribution in [3.63, 3.8) is 0 Å². The van der Waals surface area contributed by atoms with Crippen LogP contribution < -0.4 is 5.43 Å². The molecule has 1 aliphatic rings. The Morgan fingerprint density at radius 3 is 2.17 bits per heavy atom. The molecule has 2 aromatic carbocycles. The summed E-state index contributed by atoms with van der Waals surface area (Å²) in [5.41, 5.74) is 5.90. The Hall–Kier alpha value is -2.42. The average molecular weight is 320 g/mol. The number of nitrogens with zero attached hydrogens (tertiary/aromatic N) is 1. The van der Waals surface area contributed by atoms with Crippen molar-refractivity contribution in [2.24, 2.45) is 11.0 Å². The van der Waals surface area contributed by atoms with Crippen LogP contribution in [0.3, 0.4) is 0 Å². The number of hydrogen-bond donors (Lipinski definition) is 1. The number of benzene rings is 2. The first-order chi connectivity index (χ1) is 11.7. The minimum atomic E-state index is -0.335. The SMILES string of the molecule is C[C@@H]1CCCC(=NNC(=O)C(c2ccccc2)c2ccccc2)C1. The Kier molecular flexibility index (Phi) is 5.42. The summed E-state index contributed by atoms with van der Waals surface area (Å²) < 4.78 is 0. The quantitative estimate of drug-likeness (QED) is 0.828. The first-order valence-electron chi connectivity index (χ1n) is 8.69. The molecule has 0 heterocycles. The first kappa shape index (κ1) is 16.4. The van der Waals surface area contributed by atoms with Gasteiger partial charge >= 0.3 is 0 Å². The van der Waals surface area contributed by atoms with E-state index in [9.17, 15) is 4.79 Å². The van der Waals surface area contributed by atoms with E-state index in [0.717, 1.165) is 36.1 Å². The van der Waals surface area contributed by atoms with Gasteiger partial charge in [0.15, 0.2) is 0 Å². The van der Waals surface area contributed by atoms with Gasteiger partial charge < -0.3 is 0 Å². The van der Waals surface area contributed by atoms with E-state index in [1.165, 1.54) is 6.42 Å². The lowest BCUT2D eigenvalue weighted by molar-refractivity contribution is -0.121. The van der Waals surface area contributed by atoms with Gasteiger partial charge in [-0.25, -0.2) is 5.43 Å². The lowest BCUT2D eigenvalue weighted by atomic mass is 9.89. The van der Waals surface area contributed by atoms with Crippen LogP contribution in [0, 0.1) is 5.92 Å². The normalized spacial score (nSPS) is 19.4. The van der Waals surface area contributed by atoms with Gasteiger partial charge in [0.1, 0.15) is 0 Å². The summed E-state index contributed by atoms with van der Waals surface area (Å²) in [5, 5.41) is 4.42. The second-order valence-electron chi connectivity index (χ2n) is 6.61. The van der Waals surface area contributed by atoms with Crippen molar-refractivity contribution in [1.29, 1.82) is 0 Å². The molecule has 3 heteroatoms. The topological polar surface area (TPSA) is 41.5 Å².